The Morgan fingerprint density at radius 2 is 1.00 bits per heavy atom. The van der Waals surface area contributed by atoms with Gasteiger partial charge >= 0.3 is 29.6 Å². The van der Waals surface area contributed by atoms with Crippen molar-refractivity contribution in [2.45, 2.75) is 0 Å². The number of hydrogen-bond acceptors (Lipinski definition) is 2. The van der Waals surface area contributed by atoms with E-state index in [0.29, 0.717) is 0 Å². The van der Waals surface area contributed by atoms with Crippen LogP contribution in [0.5, 0.6) is 0 Å². The molecule has 0 aliphatic carbocycles. The summed E-state index contributed by atoms with van der Waals surface area (Å²) in [5.41, 5.74) is 0. The largest absolute Gasteiger partial charge is 1.00 e. The first-order valence-corrected chi connectivity index (χ1v) is 0.200. The van der Waals surface area contributed by atoms with Crippen LogP contribution in [-0.2, 0) is 0 Å². The predicted octanol–water partition coefficient (Wildman–Crippen LogP) is -3.36. The minimum atomic E-state index is 0. The Hall–Kier alpha value is 0.985. The summed E-state index contributed by atoms with van der Waals surface area (Å²) < 4.78 is 0. The molecule has 0 spiro atoms. The van der Waals surface area contributed by atoms with Gasteiger partial charge in [-0.3, -0.25) is 10.5 Å². The number of rotatable bonds is 0. The second-order valence-electron chi connectivity index (χ2n) is 0. The molecule has 2 N–H and O–H groups in total. The van der Waals surface area contributed by atoms with Gasteiger partial charge in [-0.2, -0.15) is 0 Å². The summed E-state index contributed by atoms with van der Waals surface area (Å²) in [7, 11) is 0. The van der Waals surface area contributed by atoms with Crippen molar-refractivity contribution in [1.82, 2.24) is 0 Å². The standard InChI is InChI=1S/B.Na.H2O2/c;;1-2/h;;1-2H/q-1;+1;. The van der Waals surface area contributed by atoms with Crippen molar-refractivity contribution in [3.63, 3.8) is 0 Å². The third kappa shape index (κ3) is 12.1. The van der Waals surface area contributed by atoms with E-state index >= 15 is 0 Å². The van der Waals surface area contributed by atoms with E-state index in [0.717, 1.165) is 0 Å². The zero-order valence-corrected chi connectivity index (χ0v) is 4.47. The first kappa shape index (κ1) is 20.1. The summed E-state index contributed by atoms with van der Waals surface area (Å²) in [4.78, 5) is 0. The second kappa shape index (κ2) is 36.6. The molecule has 0 saturated carbocycles. The molecule has 0 aliphatic heterocycles. The molecule has 2 nitrogen and oxygen atoms in total. The van der Waals surface area contributed by atoms with Crippen LogP contribution in [0.25, 0.3) is 0 Å². The van der Waals surface area contributed by atoms with Crippen LogP contribution in [0.15, 0.2) is 0 Å². The minimum absolute atomic E-state index is 0. The van der Waals surface area contributed by atoms with E-state index in [-0.39, 0.29) is 38.0 Å². The summed E-state index contributed by atoms with van der Waals surface area (Å²) in [6.45, 7) is 0. The Morgan fingerprint density at radius 1 is 1.00 bits per heavy atom. The predicted molar refractivity (Wildman–Crippen MR) is 11.0 cm³/mol. The Morgan fingerprint density at radius 3 is 1.00 bits per heavy atom. The van der Waals surface area contributed by atoms with Gasteiger partial charge in [-0.15, -0.1) is 0 Å². The van der Waals surface area contributed by atoms with Gasteiger partial charge in [-0.05, 0) is 0 Å². The molecule has 0 saturated heterocycles. The van der Waals surface area contributed by atoms with Gasteiger partial charge in [-0.25, -0.2) is 0 Å². The molecule has 0 aliphatic rings. The molecule has 0 heterocycles. The van der Waals surface area contributed by atoms with Crippen molar-refractivity contribution in [3.8, 4) is 0 Å². The third-order valence-corrected chi connectivity index (χ3v) is 0. The smallest absolute Gasteiger partial charge is 1.00 e. The average Bonchev–Trinajstić information content (AvgIpc) is 1.00. The molecular formula is H2BNaO2. The monoisotopic (exact) mass is 68.0 g/mol. The van der Waals surface area contributed by atoms with Gasteiger partial charge in [0.2, 0.25) is 0 Å². The van der Waals surface area contributed by atoms with E-state index in [2.05, 4.69) is 0 Å². The Balaban J connectivity index is -0.00000000500. The third-order valence-electron chi connectivity index (χ3n) is 0. The van der Waals surface area contributed by atoms with Gasteiger partial charge in [0.05, 0.1) is 0 Å². The maximum atomic E-state index is 6.00. The molecule has 0 aromatic rings. The average molecular weight is 67.8 g/mol. The molecular weight excluding hydrogens is 65.8 g/mol. The Bertz CT molecular complexity index is 6.00. The molecule has 0 amide bonds. The Kier molecular flexibility index (Phi) is 184. The molecule has 4 heavy (non-hydrogen) atoms. The molecule has 0 aromatic carbocycles. The zero-order valence-electron chi connectivity index (χ0n) is 2.47. The fourth-order valence-corrected chi connectivity index (χ4v) is 0. The van der Waals surface area contributed by atoms with E-state index in [9.17, 15) is 0 Å². The quantitative estimate of drug-likeness (QED) is 0.177. The van der Waals surface area contributed by atoms with E-state index in [1.807, 2.05) is 0 Å². The van der Waals surface area contributed by atoms with Crippen LogP contribution < -0.4 is 29.6 Å². The van der Waals surface area contributed by atoms with E-state index in [1.54, 1.807) is 0 Å². The van der Waals surface area contributed by atoms with Crippen LogP contribution in [0.4, 0.5) is 0 Å². The SMILES string of the molecule is OO.[B-].[Na+]. The van der Waals surface area contributed by atoms with Crippen molar-refractivity contribution in [3.05, 3.63) is 0 Å². The molecule has 0 unspecified atom stereocenters. The summed E-state index contributed by atoms with van der Waals surface area (Å²) in [5.74, 6) is 0. The van der Waals surface area contributed by atoms with Crippen LogP contribution in [0, 0.1) is 0 Å². The summed E-state index contributed by atoms with van der Waals surface area (Å²) in [6, 6.07) is 0. The van der Waals surface area contributed by atoms with E-state index < -0.39 is 0 Å². The molecule has 4 radical (unpaired) electrons. The maximum absolute atomic E-state index is 6.00. The van der Waals surface area contributed by atoms with Crippen molar-refractivity contribution in [2.75, 3.05) is 0 Å². The molecule has 0 aromatic heterocycles. The molecule has 4 heteroatoms. The zero-order chi connectivity index (χ0) is 2.00. The molecule has 0 bridgehead atoms. The summed E-state index contributed by atoms with van der Waals surface area (Å²) in [5, 5.41) is 12.0. The van der Waals surface area contributed by atoms with E-state index in [4.69, 9.17) is 10.5 Å². The summed E-state index contributed by atoms with van der Waals surface area (Å²) >= 11 is 0. The van der Waals surface area contributed by atoms with Crippen LogP contribution in [-0.4, -0.2) is 18.9 Å². The Labute approximate surface area is 48.6 Å². The minimum Gasteiger partial charge on any atom is -1.00 e. The van der Waals surface area contributed by atoms with Crippen molar-refractivity contribution >= 4 is 8.41 Å². The normalized spacial score (nSPS) is 1.50. The van der Waals surface area contributed by atoms with Crippen molar-refractivity contribution in [2.24, 2.45) is 0 Å². The second-order valence-corrected chi connectivity index (χ2v) is 0. The maximum Gasteiger partial charge on any atom is 1.00 e. The van der Waals surface area contributed by atoms with E-state index in [1.165, 1.54) is 0 Å². The van der Waals surface area contributed by atoms with Gasteiger partial charge in [0.15, 0.2) is 0 Å². The number of hydrogen-bond donors (Lipinski definition) is 2. The van der Waals surface area contributed by atoms with Gasteiger partial charge in [0.25, 0.3) is 0 Å². The van der Waals surface area contributed by atoms with Gasteiger partial charge in [-0.1, -0.05) is 0 Å². The van der Waals surface area contributed by atoms with Crippen LogP contribution in [0.1, 0.15) is 0 Å². The molecule has 0 fully saturated rings. The van der Waals surface area contributed by atoms with Crippen LogP contribution >= 0.6 is 0 Å². The van der Waals surface area contributed by atoms with Crippen LogP contribution in [0.3, 0.4) is 0 Å². The topological polar surface area (TPSA) is 40.5 Å². The van der Waals surface area contributed by atoms with Crippen molar-refractivity contribution in [1.29, 1.82) is 0 Å². The van der Waals surface area contributed by atoms with Gasteiger partial charge in [0.1, 0.15) is 0 Å². The molecule has 0 atom stereocenters. The first-order chi connectivity index (χ1) is 1.00. The first-order valence-electron chi connectivity index (χ1n) is 0.200. The summed E-state index contributed by atoms with van der Waals surface area (Å²) in [6.07, 6.45) is 0. The van der Waals surface area contributed by atoms with Crippen molar-refractivity contribution < 1.29 is 40.1 Å². The van der Waals surface area contributed by atoms with Gasteiger partial charge < -0.3 is 8.41 Å². The fourth-order valence-electron chi connectivity index (χ4n) is 0. The van der Waals surface area contributed by atoms with Crippen LogP contribution in [0.2, 0.25) is 0 Å². The molecule has 0 rings (SSSR count). The fraction of sp³-hybridized carbons (Fsp3) is 0. The van der Waals surface area contributed by atoms with Gasteiger partial charge in [0, 0.05) is 0 Å². The molecule has 18 valence electrons.